The summed E-state index contributed by atoms with van der Waals surface area (Å²) in [5, 5.41) is 11.1. The van der Waals surface area contributed by atoms with Crippen LogP contribution in [0.2, 0.25) is 0 Å². The molecule has 1 aromatic rings. The Morgan fingerprint density at radius 1 is 1.62 bits per heavy atom. The molecule has 0 fully saturated rings. The van der Waals surface area contributed by atoms with Crippen LogP contribution in [0.15, 0.2) is 9.85 Å². The highest BCUT2D eigenvalue weighted by molar-refractivity contribution is 8.01. The molecule has 0 saturated heterocycles. The van der Waals surface area contributed by atoms with Crippen molar-refractivity contribution in [2.75, 3.05) is 12.8 Å². The number of nitrogens with zero attached hydrogens (tertiary/aromatic N) is 2. The summed E-state index contributed by atoms with van der Waals surface area (Å²) in [6, 6.07) is 0.550. The van der Waals surface area contributed by atoms with Crippen molar-refractivity contribution >= 4 is 23.1 Å². The molecule has 0 bridgehead atoms. The van der Waals surface area contributed by atoms with Crippen molar-refractivity contribution in [1.29, 1.82) is 0 Å². The van der Waals surface area contributed by atoms with Crippen LogP contribution in [0.25, 0.3) is 0 Å². The molecule has 74 valence electrons. The van der Waals surface area contributed by atoms with Gasteiger partial charge in [0.15, 0.2) is 4.34 Å². The van der Waals surface area contributed by atoms with Crippen molar-refractivity contribution in [2.24, 2.45) is 5.92 Å². The van der Waals surface area contributed by atoms with Gasteiger partial charge in [-0.05, 0) is 13.0 Å². The Morgan fingerprint density at radius 2 is 2.38 bits per heavy atom. The van der Waals surface area contributed by atoms with Crippen LogP contribution < -0.4 is 5.32 Å². The number of nitrogens with one attached hydrogen (secondary N) is 1. The summed E-state index contributed by atoms with van der Waals surface area (Å²) in [6.07, 6.45) is 0. The molecule has 0 aliphatic heterocycles. The Kier molecular flexibility index (Phi) is 4.69. The highest BCUT2D eigenvalue weighted by Gasteiger charge is 2.11. The van der Waals surface area contributed by atoms with E-state index in [1.165, 1.54) is 0 Å². The first-order valence-electron chi connectivity index (χ1n) is 4.30. The fraction of sp³-hybridized carbons (Fsp3) is 0.750. The smallest absolute Gasteiger partial charge is 0.174 e. The molecule has 1 rings (SSSR count). The van der Waals surface area contributed by atoms with Gasteiger partial charge in [0.05, 0.1) is 0 Å². The van der Waals surface area contributed by atoms with Gasteiger partial charge in [0.2, 0.25) is 0 Å². The maximum Gasteiger partial charge on any atom is 0.174 e. The maximum absolute atomic E-state index is 3.99. The van der Waals surface area contributed by atoms with Crippen LogP contribution in [0.3, 0.4) is 0 Å². The summed E-state index contributed by atoms with van der Waals surface area (Å²) in [7, 11) is 2.01. The zero-order valence-electron chi connectivity index (χ0n) is 8.15. The molecule has 1 heterocycles. The lowest BCUT2D eigenvalue weighted by Crippen LogP contribution is -2.32. The minimum Gasteiger partial charge on any atom is -0.316 e. The van der Waals surface area contributed by atoms with Gasteiger partial charge in [-0.1, -0.05) is 36.9 Å². The van der Waals surface area contributed by atoms with E-state index >= 15 is 0 Å². The average Bonchev–Trinajstić information content (AvgIpc) is 2.57. The Morgan fingerprint density at radius 3 is 2.85 bits per heavy atom. The van der Waals surface area contributed by atoms with E-state index in [1.54, 1.807) is 28.6 Å². The Bertz CT molecular complexity index is 223. The highest BCUT2D eigenvalue weighted by atomic mass is 32.2. The van der Waals surface area contributed by atoms with Crippen molar-refractivity contribution in [2.45, 2.75) is 24.2 Å². The SMILES string of the molecule is CNC(CSc1nncs1)C(C)C. The lowest BCUT2D eigenvalue weighted by molar-refractivity contribution is 0.465. The minimum absolute atomic E-state index is 0.550. The standard InChI is InChI=1S/C8H15N3S2/c1-6(2)7(9-3)4-12-8-11-10-5-13-8/h5-7,9H,4H2,1-3H3. The quantitative estimate of drug-likeness (QED) is 0.764. The average molecular weight is 217 g/mol. The summed E-state index contributed by atoms with van der Waals surface area (Å²) >= 11 is 3.37. The second-order valence-corrected chi connectivity index (χ2v) is 5.26. The fourth-order valence-electron chi connectivity index (χ4n) is 0.996. The van der Waals surface area contributed by atoms with Gasteiger partial charge in [0.1, 0.15) is 5.51 Å². The molecule has 1 N–H and O–H groups in total. The molecule has 0 radical (unpaired) electrons. The third kappa shape index (κ3) is 3.62. The number of aromatic nitrogens is 2. The molecule has 1 atom stereocenters. The Hall–Kier alpha value is -0.130. The third-order valence-corrected chi connectivity index (χ3v) is 3.88. The van der Waals surface area contributed by atoms with Crippen LogP contribution >= 0.6 is 23.1 Å². The highest BCUT2D eigenvalue weighted by Crippen LogP contribution is 2.21. The second kappa shape index (κ2) is 5.57. The van der Waals surface area contributed by atoms with Gasteiger partial charge < -0.3 is 5.32 Å². The van der Waals surface area contributed by atoms with E-state index in [9.17, 15) is 0 Å². The van der Waals surface area contributed by atoms with E-state index in [-0.39, 0.29) is 0 Å². The van der Waals surface area contributed by atoms with Crippen molar-refractivity contribution in [3.8, 4) is 0 Å². The van der Waals surface area contributed by atoms with Crippen molar-refractivity contribution in [1.82, 2.24) is 15.5 Å². The van der Waals surface area contributed by atoms with E-state index < -0.39 is 0 Å². The van der Waals surface area contributed by atoms with Crippen LogP contribution in [0.1, 0.15) is 13.8 Å². The van der Waals surface area contributed by atoms with Gasteiger partial charge in [-0.15, -0.1) is 10.2 Å². The predicted molar refractivity (Wildman–Crippen MR) is 58.3 cm³/mol. The molecule has 0 aliphatic rings. The van der Waals surface area contributed by atoms with Crippen LogP contribution in [0, 0.1) is 5.92 Å². The normalized spacial score (nSPS) is 13.5. The van der Waals surface area contributed by atoms with E-state index in [0.29, 0.717) is 12.0 Å². The molecule has 0 amide bonds. The lowest BCUT2D eigenvalue weighted by Gasteiger charge is -2.18. The summed E-state index contributed by atoms with van der Waals surface area (Å²) in [5.41, 5.74) is 1.77. The van der Waals surface area contributed by atoms with Crippen LogP contribution in [0.5, 0.6) is 0 Å². The molecule has 0 aliphatic carbocycles. The van der Waals surface area contributed by atoms with E-state index in [2.05, 4.69) is 29.4 Å². The van der Waals surface area contributed by atoms with Crippen LogP contribution in [-0.4, -0.2) is 29.0 Å². The largest absolute Gasteiger partial charge is 0.316 e. The summed E-state index contributed by atoms with van der Waals surface area (Å²) in [4.78, 5) is 0. The monoisotopic (exact) mass is 217 g/mol. The molecule has 0 saturated carbocycles. The van der Waals surface area contributed by atoms with Gasteiger partial charge in [-0.3, -0.25) is 0 Å². The molecule has 5 heteroatoms. The van der Waals surface area contributed by atoms with Crippen LogP contribution in [0.4, 0.5) is 0 Å². The topological polar surface area (TPSA) is 37.8 Å². The molecule has 0 spiro atoms. The zero-order chi connectivity index (χ0) is 9.68. The first-order valence-corrected chi connectivity index (χ1v) is 6.16. The van der Waals surface area contributed by atoms with Gasteiger partial charge >= 0.3 is 0 Å². The molecule has 0 aromatic carbocycles. The van der Waals surface area contributed by atoms with E-state index in [0.717, 1.165) is 10.1 Å². The van der Waals surface area contributed by atoms with Gasteiger partial charge in [0, 0.05) is 11.8 Å². The van der Waals surface area contributed by atoms with Crippen molar-refractivity contribution < 1.29 is 0 Å². The summed E-state index contributed by atoms with van der Waals surface area (Å²) < 4.78 is 1.06. The fourth-order valence-corrected chi connectivity index (χ4v) is 2.86. The third-order valence-electron chi connectivity index (χ3n) is 1.90. The molecule has 1 aromatic heterocycles. The van der Waals surface area contributed by atoms with E-state index in [4.69, 9.17) is 0 Å². The maximum atomic E-state index is 3.99. The Labute approximate surface area is 87.3 Å². The number of rotatable bonds is 5. The van der Waals surface area contributed by atoms with Gasteiger partial charge in [-0.25, -0.2) is 0 Å². The molecule has 1 unspecified atom stereocenters. The minimum atomic E-state index is 0.550. The van der Waals surface area contributed by atoms with Crippen molar-refractivity contribution in [3.05, 3.63) is 5.51 Å². The molecule has 3 nitrogen and oxygen atoms in total. The summed E-state index contributed by atoms with van der Waals surface area (Å²) in [6.45, 7) is 4.45. The van der Waals surface area contributed by atoms with E-state index in [1.807, 2.05) is 7.05 Å². The Balaban J connectivity index is 2.32. The van der Waals surface area contributed by atoms with Gasteiger partial charge in [0.25, 0.3) is 0 Å². The van der Waals surface area contributed by atoms with Gasteiger partial charge in [-0.2, -0.15) is 0 Å². The lowest BCUT2D eigenvalue weighted by atomic mass is 10.1. The van der Waals surface area contributed by atoms with Crippen molar-refractivity contribution in [3.63, 3.8) is 0 Å². The first kappa shape index (κ1) is 10.9. The second-order valence-electron chi connectivity index (χ2n) is 3.15. The molecular formula is C8H15N3S2. The zero-order valence-corrected chi connectivity index (χ0v) is 9.78. The summed E-state index contributed by atoms with van der Waals surface area (Å²) in [5.74, 6) is 1.72. The predicted octanol–water partition coefficient (Wildman–Crippen LogP) is 1.87. The number of hydrogen-bond acceptors (Lipinski definition) is 5. The number of hydrogen-bond donors (Lipinski definition) is 1. The molecule has 13 heavy (non-hydrogen) atoms. The number of thioether (sulfide) groups is 1. The first-order chi connectivity index (χ1) is 6.24. The van der Waals surface area contributed by atoms with Crippen LogP contribution in [-0.2, 0) is 0 Å². The molecular weight excluding hydrogens is 202 g/mol.